The van der Waals surface area contributed by atoms with Gasteiger partial charge in [0.1, 0.15) is 0 Å². The molecule has 0 saturated carbocycles. The lowest BCUT2D eigenvalue weighted by molar-refractivity contribution is 0.830. The van der Waals surface area contributed by atoms with Crippen LogP contribution in [-0.2, 0) is 6.42 Å². The molecule has 0 bridgehead atoms. The summed E-state index contributed by atoms with van der Waals surface area (Å²) < 4.78 is 3.12. The normalized spacial score (nSPS) is 10.9. The van der Waals surface area contributed by atoms with Gasteiger partial charge in [0.2, 0.25) is 0 Å². The number of aromatic nitrogens is 2. The lowest BCUT2D eigenvalue weighted by Crippen LogP contribution is -2.05. The summed E-state index contributed by atoms with van der Waals surface area (Å²) in [7, 11) is 0. The molecule has 0 aliphatic carbocycles. The third-order valence-electron chi connectivity index (χ3n) is 3.22. The molecule has 3 nitrogen and oxygen atoms in total. The van der Waals surface area contributed by atoms with Gasteiger partial charge < -0.3 is 5.73 Å². The summed E-state index contributed by atoms with van der Waals surface area (Å²) in [6.45, 7) is 6.88. The van der Waals surface area contributed by atoms with Crippen molar-refractivity contribution in [3.8, 4) is 5.69 Å². The maximum atomic E-state index is 5.65. The number of nitrogens with two attached hydrogens (primary N) is 1. The molecule has 2 N–H and O–H groups in total. The molecule has 1 aromatic heterocycles. The van der Waals surface area contributed by atoms with E-state index in [1.54, 1.807) is 0 Å². The zero-order valence-corrected chi connectivity index (χ0v) is 12.6. The molecular formula is C14H18BrN3. The molecule has 4 heteroatoms. The molecule has 18 heavy (non-hydrogen) atoms. The summed E-state index contributed by atoms with van der Waals surface area (Å²) in [5.74, 6) is 0. The van der Waals surface area contributed by atoms with E-state index in [-0.39, 0.29) is 0 Å². The van der Waals surface area contributed by atoms with Gasteiger partial charge in [0.25, 0.3) is 0 Å². The first-order valence-corrected chi connectivity index (χ1v) is 6.85. The molecule has 0 aliphatic heterocycles. The van der Waals surface area contributed by atoms with Crippen molar-refractivity contribution in [3.05, 3.63) is 45.2 Å². The fourth-order valence-electron chi connectivity index (χ4n) is 2.19. The van der Waals surface area contributed by atoms with Gasteiger partial charge in [-0.25, -0.2) is 4.68 Å². The highest BCUT2D eigenvalue weighted by molar-refractivity contribution is 9.10. The van der Waals surface area contributed by atoms with E-state index in [1.807, 2.05) is 11.6 Å². The van der Waals surface area contributed by atoms with Crippen molar-refractivity contribution in [1.29, 1.82) is 0 Å². The molecule has 0 radical (unpaired) electrons. The first-order valence-electron chi connectivity index (χ1n) is 6.06. The van der Waals surface area contributed by atoms with Gasteiger partial charge in [0.05, 0.1) is 11.4 Å². The Morgan fingerprint density at radius 3 is 2.61 bits per heavy atom. The lowest BCUT2D eigenvalue weighted by Gasteiger charge is -2.07. The molecule has 0 saturated heterocycles. The second-order valence-corrected chi connectivity index (χ2v) is 5.39. The Balaban J connectivity index is 2.50. The molecule has 0 fully saturated rings. The Hall–Kier alpha value is -1.13. The maximum Gasteiger partial charge on any atom is 0.0652 e. The van der Waals surface area contributed by atoms with Crippen molar-refractivity contribution < 1.29 is 0 Å². The van der Waals surface area contributed by atoms with Crippen LogP contribution in [0.15, 0.2) is 22.7 Å². The fraction of sp³-hybridized carbons (Fsp3) is 0.357. The number of halogens is 1. The van der Waals surface area contributed by atoms with Crippen LogP contribution in [0.5, 0.6) is 0 Å². The van der Waals surface area contributed by atoms with Crippen LogP contribution < -0.4 is 5.73 Å². The molecule has 0 aliphatic rings. The summed E-state index contributed by atoms with van der Waals surface area (Å²) in [5.41, 5.74) is 11.5. The van der Waals surface area contributed by atoms with Gasteiger partial charge in [-0.15, -0.1) is 0 Å². The van der Waals surface area contributed by atoms with Gasteiger partial charge in [-0.2, -0.15) is 5.10 Å². The molecule has 0 amide bonds. The predicted molar refractivity (Wildman–Crippen MR) is 78.2 cm³/mol. The Morgan fingerprint density at radius 1 is 1.28 bits per heavy atom. The predicted octanol–water partition coefficient (Wildman–Crippen LogP) is 3.06. The van der Waals surface area contributed by atoms with Crippen molar-refractivity contribution in [2.75, 3.05) is 6.54 Å². The average molecular weight is 308 g/mol. The fourth-order valence-corrected chi connectivity index (χ4v) is 2.44. The first-order chi connectivity index (χ1) is 8.54. The smallest absolute Gasteiger partial charge is 0.0652 e. The molecule has 1 aromatic carbocycles. The molecule has 0 atom stereocenters. The molecule has 1 heterocycles. The highest BCUT2D eigenvalue weighted by Gasteiger charge is 2.12. The van der Waals surface area contributed by atoms with E-state index in [4.69, 9.17) is 5.73 Å². The molecule has 0 spiro atoms. The first kappa shape index (κ1) is 13.3. The van der Waals surface area contributed by atoms with E-state index in [9.17, 15) is 0 Å². The van der Waals surface area contributed by atoms with E-state index in [2.05, 4.69) is 53.1 Å². The van der Waals surface area contributed by atoms with Gasteiger partial charge >= 0.3 is 0 Å². The van der Waals surface area contributed by atoms with Crippen LogP contribution in [0.4, 0.5) is 0 Å². The van der Waals surface area contributed by atoms with Crippen LogP contribution >= 0.6 is 15.9 Å². The maximum absolute atomic E-state index is 5.65. The summed E-state index contributed by atoms with van der Waals surface area (Å²) >= 11 is 3.52. The van der Waals surface area contributed by atoms with Crippen molar-refractivity contribution in [2.24, 2.45) is 5.73 Å². The zero-order valence-electron chi connectivity index (χ0n) is 11.0. The van der Waals surface area contributed by atoms with Crippen LogP contribution in [0.1, 0.15) is 22.5 Å². The molecule has 0 unspecified atom stereocenters. The zero-order chi connectivity index (χ0) is 13.3. The highest BCUT2D eigenvalue weighted by Crippen LogP contribution is 2.22. The van der Waals surface area contributed by atoms with Crippen molar-refractivity contribution >= 4 is 15.9 Å². The lowest BCUT2D eigenvalue weighted by atomic mass is 10.1. The monoisotopic (exact) mass is 307 g/mol. The van der Waals surface area contributed by atoms with Crippen LogP contribution in [0.3, 0.4) is 0 Å². The number of hydrogen-bond donors (Lipinski definition) is 1. The van der Waals surface area contributed by atoms with E-state index < -0.39 is 0 Å². The Bertz CT molecular complexity index is 573. The molecular weight excluding hydrogens is 290 g/mol. The largest absolute Gasteiger partial charge is 0.330 e. The van der Waals surface area contributed by atoms with E-state index in [1.165, 1.54) is 16.8 Å². The van der Waals surface area contributed by atoms with Crippen molar-refractivity contribution in [1.82, 2.24) is 9.78 Å². The minimum Gasteiger partial charge on any atom is -0.330 e. The quantitative estimate of drug-likeness (QED) is 0.947. The highest BCUT2D eigenvalue weighted by atomic mass is 79.9. The third kappa shape index (κ3) is 2.35. The summed E-state index contributed by atoms with van der Waals surface area (Å²) in [6.07, 6.45) is 0.882. The van der Waals surface area contributed by atoms with Gasteiger partial charge in [0.15, 0.2) is 0 Å². The Labute approximate surface area is 116 Å². The number of benzene rings is 1. The van der Waals surface area contributed by atoms with E-state index in [0.29, 0.717) is 6.54 Å². The number of hydrogen-bond acceptors (Lipinski definition) is 2. The van der Waals surface area contributed by atoms with Gasteiger partial charge in [-0.05, 0) is 63.1 Å². The second kappa shape index (κ2) is 5.24. The van der Waals surface area contributed by atoms with Crippen LogP contribution in [0.25, 0.3) is 5.69 Å². The van der Waals surface area contributed by atoms with E-state index in [0.717, 1.165) is 22.3 Å². The van der Waals surface area contributed by atoms with Crippen LogP contribution in [0, 0.1) is 20.8 Å². The Kier molecular flexibility index (Phi) is 3.88. The number of nitrogens with zero attached hydrogens (tertiary/aromatic N) is 2. The van der Waals surface area contributed by atoms with Gasteiger partial charge in [-0.3, -0.25) is 0 Å². The standard InChI is InChI=1S/C14H18BrN3/c1-9-8-12(4-5-14(9)15)18-11(3)13(6-7-16)10(2)17-18/h4-5,8H,6-7,16H2,1-3H3. The molecule has 2 aromatic rings. The number of rotatable bonds is 3. The van der Waals surface area contributed by atoms with Crippen molar-refractivity contribution in [2.45, 2.75) is 27.2 Å². The third-order valence-corrected chi connectivity index (χ3v) is 4.11. The summed E-state index contributed by atoms with van der Waals surface area (Å²) in [5, 5.41) is 4.62. The van der Waals surface area contributed by atoms with Crippen LogP contribution in [-0.4, -0.2) is 16.3 Å². The van der Waals surface area contributed by atoms with Gasteiger partial charge in [0, 0.05) is 10.2 Å². The van der Waals surface area contributed by atoms with Gasteiger partial charge in [-0.1, -0.05) is 15.9 Å². The Morgan fingerprint density at radius 2 is 2.00 bits per heavy atom. The molecule has 2 rings (SSSR count). The van der Waals surface area contributed by atoms with Crippen LogP contribution in [0.2, 0.25) is 0 Å². The number of aryl methyl sites for hydroxylation is 2. The molecule has 96 valence electrons. The SMILES string of the molecule is Cc1cc(-n2nc(C)c(CCN)c2C)ccc1Br. The minimum absolute atomic E-state index is 0.659. The average Bonchev–Trinajstić information content (AvgIpc) is 2.61. The van der Waals surface area contributed by atoms with Crippen molar-refractivity contribution in [3.63, 3.8) is 0 Å². The minimum atomic E-state index is 0.659. The van der Waals surface area contributed by atoms with E-state index >= 15 is 0 Å². The second-order valence-electron chi connectivity index (χ2n) is 4.53. The summed E-state index contributed by atoms with van der Waals surface area (Å²) in [6, 6.07) is 6.27. The summed E-state index contributed by atoms with van der Waals surface area (Å²) in [4.78, 5) is 0. The topological polar surface area (TPSA) is 43.8 Å².